The number of hydrogen-bond donors (Lipinski definition) is 0. The maximum Gasteiger partial charge on any atom is 0.295 e. The Morgan fingerprint density at radius 3 is 2.41 bits per heavy atom. The molecule has 22 heavy (non-hydrogen) atoms. The highest BCUT2D eigenvalue weighted by Crippen LogP contribution is 2.25. The van der Waals surface area contributed by atoms with E-state index >= 15 is 0 Å². The highest BCUT2D eigenvalue weighted by Gasteiger charge is 2.34. The summed E-state index contributed by atoms with van der Waals surface area (Å²) in [7, 11) is 0. The molecule has 0 aliphatic carbocycles. The van der Waals surface area contributed by atoms with Crippen LogP contribution in [0.3, 0.4) is 0 Å². The maximum absolute atomic E-state index is 12.1. The molecule has 1 aliphatic heterocycles. The summed E-state index contributed by atoms with van der Waals surface area (Å²) in [4.78, 5) is 17.9. The number of amidine groups is 1. The molecule has 0 saturated heterocycles. The van der Waals surface area contributed by atoms with Gasteiger partial charge in [-0.05, 0) is 37.6 Å². The second kappa shape index (κ2) is 5.89. The van der Waals surface area contributed by atoms with Gasteiger partial charge in [-0.2, -0.15) is 15.2 Å². The summed E-state index contributed by atoms with van der Waals surface area (Å²) in [5.74, 6) is 0.337. The summed E-state index contributed by atoms with van der Waals surface area (Å²) < 4.78 is 0. The summed E-state index contributed by atoms with van der Waals surface area (Å²) in [6.07, 6.45) is -0.734. The number of anilines is 1. The molecule has 110 valence electrons. The Labute approximate surface area is 129 Å². The van der Waals surface area contributed by atoms with E-state index in [1.807, 2.05) is 61.5 Å². The largest absolute Gasteiger partial charge is 0.297 e. The Balaban J connectivity index is 1.92. The first kappa shape index (κ1) is 14.1. The van der Waals surface area contributed by atoms with Crippen molar-refractivity contribution < 1.29 is 4.79 Å². The molecule has 0 N–H and O–H groups in total. The van der Waals surface area contributed by atoms with Crippen molar-refractivity contribution in [1.82, 2.24) is 0 Å². The lowest BCUT2D eigenvalue weighted by Crippen LogP contribution is -2.35. The predicted molar refractivity (Wildman–Crippen MR) is 86.5 cm³/mol. The molecule has 0 unspecified atom stereocenters. The summed E-state index contributed by atoms with van der Waals surface area (Å²) >= 11 is 0. The third-order valence-corrected chi connectivity index (χ3v) is 3.51. The molecule has 1 amide bonds. The number of amides is 1. The molecule has 1 aliphatic rings. The first-order chi connectivity index (χ1) is 10.7. The highest BCUT2D eigenvalue weighted by atomic mass is 16.2. The number of carbonyl (C=O) groups is 1. The Bertz CT molecular complexity index is 752. The number of benzene rings is 2. The zero-order valence-corrected chi connectivity index (χ0v) is 12.5. The Morgan fingerprint density at radius 2 is 1.68 bits per heavy atom. The fourth-order valence-corrected chi connectivity index (χ4v) is 2.37. The van der Waals surface area contributed by atoms with Crippen LogP contribution in [0.25, 0.3) is 0 Å². The second-order valence-corrected chi connectivity index (χ2v) is 5.08. The van der Waals surface area contributed by atoms with Gasteiger partial charge < -0.3 is 0 Å². The molecular formula is C17H16N4O. The maximum atomic E-state index is 12.1. The molecule has 3 rings (SSSR count). The van der Waals surface area contributed by atoms with Gasteiger partial charge in [-0.1, -0.05) is 36.4 Å². The first-order valence-corrected chi connectivity index (χ1v) is 7.07. The molecule has 0 aromatic heterocycles. The molecule has 0 saturated carbocycles. The number of hydrogen-bond acceptors (Lipinski definition) is 4. The SMILES string of the molecule is CC1=NC(=O)[C@@H](N=Nc2ccccc2C)N1c1ccccc1. The van der Waals surface area contributed by atoms with E-state index in [1.165, 1.54) is 0 Å². The van der Waals surface area contributed by atoms with Gasteiger partial charge in [-0.25, -0.2) is 0 Å². The van der Waals surface area contributed by atoms with E-state index in [9.17, 15) is 4.79 Å². The van der Waals surface area contributed by atoms with Crippen molar-refractivity contribution >= 4 is 23.1 Å². The Hall–Kier alpha value is -2.82. The van der Waals surface area contributed by atoms with E-state index in [1.54, 1.807) is 11.8 Å². The van der Waals surface area contributed by atoms with Crippen LogP contribution in [0.4, 0.5) is 11.4 Å². The summed E-state index contributed by atoms with van der Waals surface area (Å²) in [5, 5.41) is 8.47. The van der Waals surface area contributed by atoms with Crippen LogP contribution in [0.1, 0.15) is 12.5 Å². The van der Waals surface area contributed by atoms with Crippen LogP contribution in [0.2, 0.25) is 0 Å². The van der Waals surface area contributed by atoms with Crippen LogP contribution in [0, 0.1) is 6.92 Å². The third-order valence-electron chi connectivity index (χ3n) is 3.51. The zero-order valence-electron chi connectivity index (χ0n) is 12.5. The number of nitrogens with zero attached hydrogens (tertiary/aromatic N) is 4. The minimum absolute atomic E-state index is 0.293. The van der Waals surface area contributed by atoms with Crippen LogP contribution < -0.4 is 4.90 Å². The minimum Gasteiger partial charge on any atom is -0.297 e. The fourth-order valence-electron chi connectivity index (χ4n) is 2.37. The number of carbonyl (C=O) groups excluding carboxylic acids is 1. The van der Waals surface area contributed by atoms with Gasteiger partial charge in [0.15, 0.2) is 0 Å². The van der Waals surface area contributed by atoms with Gasteiger partial charge >= 0.3 is 0 Å². The molecule has 5 nitrogen and oxygen atoms in total. The average molecular weight is 292 g/mol. The molecule has 0 bridgehead atoms. The molecule has 0 radical (unpaired) electrons. The van der Waals surface area contributed by atoms with E-state index in [4.69, 9.17) is 0 Å². The number of para-hydroxylation sites is 1. The molecule has 1 atom stereocenters. The normalized spacial score (nSPS) is 18.1. The van der Waals surface area contributed by atoms with Gasteiger partial charge in [0.25, 0.3) is 5.91 Å². The van der Waals surface area contributed by atoms with Gasteiger partial charge in [0.1, 0.15) is 5.84 Å². The number of aliphatic imine (C=N–C) groups is 1. The lowest BCUT2D eigenvalue weighted by Gasteiger charge is -2.21. The standard InChI is InChI=1S/C17H16N4O/c1-12-8-6-7-11-15(12)19-20-16-17(22)18-13(2)21(16)14-9-4-3-5-10-14/h3-11,16H,1-2H3/t16-/m0/s1. The lowest BCUT2D eigenvalue weighted by molar-refractivity contribution is -0.118. The first-order valence-electron chi connectivity index (χ1n) is 7.07. The molecular weight excluding hydrogens is 276 g/mol. The smallest absolute Gasteiger partial charge is 0.295 e. The highest BCUT2D eigenvalue weighted by molar-refractivity contribution is 6.13. The van der Waals surface area contributed by atoms with Gasteiger partial charge in [-0.15, -0.1) is 0 Å². The van der Waals surface area contributed by atoms with Gasteiger partial charge in [0, 0.05) is 5.69 Å². The molecule has 5 heteroatoms. The van der Waals surface area contributed by atoms with Crippen molar-refractivity contribution in [1.29, 1.82) is 0 Å². The second-order valence-electron chi connectivity index (χ2n) is 5.08. The summed E-state index contributed by atoms with van der Waals surface area (Å²) in [6.45, 7) is 3.76. The van der Waals surface area contributed by atoms with Crippen LogP contribution in [-0.4, -0.2) is 17.9 Å². The van der Waals surface area contributed by atoms with Crippen LogP contribution in [-0.2, 0) is 4.79 Å². The van der Waals surface area contributed by atoms with E-state index in [0.717, 1.165) is 16.9 Å². The fraction of sp³-hybridized carbons (Fsp3) is 0.176. The van der Waals surface area contributed by atoms with Gasteiger partial charge in [0.2, 0.25) is 6.17 Å². The van der Waals surface area contributed by atoms with Crippen LogP contribution in [0.5, 0.6) is 0 Å². The predicted octanol–water partition coefficient (Wildman–Crippen LogP) is 3.87. The molecule has 1 heterocycles. The van der Waals surface area contributed by atoms with E-state index < -0.39 is 6.17 Å². The monoisotopic (exact) mass is 292 g/mol. The van der Waals surface area contributed by atoms with E-state index in [-0.39, 0.29) is 5.91 Å². The van der Waals surface area contributed by atoms with E-state index in [0.29, 0.717) is 5.84 Å². The molecule has 0 spiro atoms. The zero-order chi connectivity index (χ0) is 15.5. The Morgan fingerprint density at radius 1 is 1.00 bits per heavy atom. The van der Waals surface area contributed by atoms with Crippen LogP contribution in [0.15, 0.2) is 69.8 Å². The topological polar surface area (TPSA) is 57.4 Å². The van der Waals surface area contributed by atoms with Crippen molar-refractivity contribution in [3.05, 3.63) is 60.2 Å². The minimum atomic E-state index is -0.734. The Kier molecular flexibility index (Phi) is 3.78. The molecule has 0 fully saturated rings. The summed E-state index contributed by atoms with van der Waals surface area (Å²) in [6, 6.07) is 17.3. The van der Waals surface area contributed by atoms with Crippen molar-refractivity contribution in [2.75, 3.05) is 4.90 Å². The van der Waals surface area contributed by atoms with Crippen LogP contribution >= 0.6 is 0 Å². The molecule has 2 aromatic rings. The average Bonchev–Trinajstić information content (AvgIpc) is 2.81. The lowest BCUT2D eigenvalue weighted by atomic mass is 10.2. The van der Waals surface area contributed by atoms with Crippen molar-refractivity contribution in [2.24, 2.45) is 15.2 Å². The van der Waals surface area contributed by atoms with Crippen molar-refractivity contribution in [2.45, 2.75) is 20.0 Å². The van der Waals surface area contributed by atoms with Gasteiger partial charge in [-0.3, -0.25) is 9.69 Å². The van der Waals surface area contributed by atoms with Gasteiger partial charge in [0.05, 0.1) is 5.69 Å². The third kappa shape index (κ3) is 2.65. The van der Waals surface area contributed by atoms with Crippen molar-refractivity contribution in [3.63, 3.8) is 0 Å². The number of azo groups is 1. The summed E-state index contributed by atoms with van der Waals surface area (Å²) in [5.41, 5.74) is 2.65. The van der Waals surface area contributed by atoms with Crippen molar-refractivity contribution in [3.8, 4) is 0 Å². The number of aryl methyl sites for hydroxylation is 1. The number of rotatable bonds is 3. The molecule has 2 aromatic carbocycles. The van der Waals surface area contributed by atoms with E-state index in [2.05, 4.69) is 15.2 Å². The quantitative estimate of drug-likeness (QED) is 0.806.